The van der Waals surface area contributed by atoms with E-state index in [1.807, 2.05) is 26.4 Å². The highest BCUT2D eigenvalue weighted by molar-refractivity contribution is 5.81. The molecule has 0 saturated heterocycles. The van der Waals surface area contributed by atoms with E-state index in [-0.39, 0.29) is 5.91 Å². The largest absolute Gasteiger partial charge is 0.349 e. The Bertz CT molecular complexity index is 1310. The summed E-state index contributed by atoms with van der Waals surface area (Å²) in [6, 6.07) is 21.2. The van der Waals surface area contributed by atoms with E-state index in [9.17, 15) is 4.79 Å². The molecule has 2 aromatic carbocycles. The number of nitrogens with zero attached hydrogens (tertiary/aromatic N) is 5. The van der Waals surface area contributed by atoms with Crippen LogP contribution in [0.15, 0.2) is 66.9 Å². The predicted octanol–water partition coefficient (Wildman–Crippen LogP) is 4.25. The molecule has 0 aliphatic carbocycles. The van der Waals surface area contributed by atoms with Gasteiger partial charge in [0, 0.05) is 64.7 Å². The number of imidazole rings is 1. The standard InChI is InChI=1S/C29H33N5O/c1-32(2)28(35)16-15-27-31-25(14-13-22-8-4-3-5-9-22)26-21-33(18-19-34(26)27)20-24-11-6-10-23-12-7-17-30-29(23)24/h3-12,17H,13-16,18-21H2,1-2H3. The van der Waals surface area contributed by atoms with E-state index in [1.54, 1.807) is 4.90 Å². The van der Waals surface area contributed by atoms with Crippen molar-refractivity contribution in [1.29, 1.82) is 0 Å². The Morgan fingerprint density at radius 3 is 2.60 bits per heavy atom. The van der Waals surface area contributed by atoms with Gasteiger partial charge in [-0.2, -0.15) is 0 Å². The van der Waals surface area contributed by atoms with Crippen molar-refractivity contribution in [3.05, 3.63) is 95.2 Å². The summed E-state index contributed by atoms with van der Waals surface area (Å²) < 4.78 is 2.38. The molecule has 0 saturated carbocycles. The molecule has 0 radical (unpaired) electrons. The Morgan fingerprint density at radius 1 is 0.943 bits per heavy atom. The smallest absolute Gasteiger partial charge is 0.222 e. The average molecular weight is 468 g/mol. The summed E-state index contributed by atoms with van der Waals surface area (Å²) >= 11 is 0. The molecule has 1 aliphatic heterocycles. The van der Waals surface area contributed by atoms with E-state index in [1.165, 1.54) is 27.9 Å². The molecule has 0 N–H and O–H groups in total. The lowest BCUT2D eigenvalue weighted by molar-refractivity contribution is -0.128. The zero-order valence-electron chi connectivity index (χ0n) is 20.7. The van der Waals surface area contributed by atoms with Gasteiger partial charge in [-0.15, -0.1) is 0 Å². The third kappa shape index (κ3) is 5.28. The van der Waals surface area contributed by atoms with Gasteiger partial charge in [0.25, 0.3) is 0 Å². The quantitative estimate of drug-likeness (QED) is 0.389. The highest BCUT2D eigenvalue weighted by Gasteiger charge is 2.25. The summed E-state index contributed by atoms with van der Waals surface area (Å²) in [5.41, 5.74) is 6.14. The molecule has 180 valence electrons. The van der Waals surface area contributed by atoms with E-state index >= 15 is 0 Å². The van der Waals surface area contributed by atoms with Gasteiger partial charge in [-0.3, -0.25) is 14.7 Å². The van der Waals surface area contributed by atoms with E-state index in [4.69, 9.17) is 4.98 Å². The first kappa shape index (κ1) is 23.2. The second-order valence-corrected chi connectivity index (χ2v) is 9.55. The highest BCUT2D eigenvalue weighted by atomic mass is 16.2. The van der Waals surface area contributed by atoms with E-state index in [2.05, 4.69) is 69.0 Å². The number of hydrogen-bond acceptors (Lipinski definition) is 4. The van der Waals surface area contributed by atoms with Crippen LogP contribution in [0.5, 0.6) is 0 Å². The van der Waals surface area contributed by atoms with Gasteiger partial charge in [0.15, 0.2) is 0 Å². The van der Waals surface area contributed by atoms with Gasteiger partial charge in [0.1, 0.15) is 5.82 Å². The summed E-state index contributed by atoms with van der Waals surface area (Å²) in [4.78, 5) is 26.1. The predicted molar refractivity (Wildman–Crippen MR) is 139 cm³/mol. The molecule has 4 aromatic rings. The van der Waals surface area contributed by atoms with Crippen molar-refractivity contribution < 1.29 is 4.79 Å². The number of para-hydroxylation sites is 1. The Hall–Kier alpha value is -3.51. The number of hydrogen-bond donors (Lipinski definition) is 0. The van der Waals surface area contributed by atoms with Crippen LogP contribution in [0.25, 0.3) is 10.9 Å². The third-order valence-corrected chi connectivity index (χ3v) is 6.91. The first-order valence-electron chi connectivity index (χ1n) is 12.4. The maximum atomic E-state index is 12.2. The van der Waals surface area contributed by atoms with Crippen molar-refractivity contribution in [2.75, 3.05) is 20.6 Å². The zero-order chi connectivity index (χ0) is 24.2. The second-order valence-electron chi connectivity index (χ2n) is 9.55. The maximum absolute atomic E-state index is 12.2. The van der Waals surface area contributed by atoms with Gasteiger partial charge in [-0.25, -0.2) is 4.98 Å². The number of rotatable bonds is 8. The molecule has 35 heavy (non-hydrogen) atoms. The summed E-state index contributed by atoms with van der Waals surface area (Å²) in [5, 5.41) is 1.18. The minimum Gasteiger partial charge on any atom is -0.349 e. The molecule has 6 heteroatoms. The summed E-state index contributed by atoms with van der Waals surface area (Å²) in [6.07, 6.45) is 4.93. The molecule has 1 amide bonds. The van der Waals surface area contributed by atoms with Crippen LogP contribution >= 0.6 is 0 Å². The number of amides is 1. The van der Waals surface area contributed by atoms with Crippen molar-refractivity contribution in [2.24, 2.45) is 0 Å². The van der Waals surface area contributed by atoms with Crippen molar-refractivity contribution in [3.8, 4) is 0 Å². The van der Waals surface area contributed by atoms with Crippen LogP contribution in [0.1, 0.15) is 34.8 Å². The number of aryl methyl sites for hydroxylation is 3. The lowest BCUT2D eigenvalue weighted by Crippen LogP contribution is -2.34. The number of pyridine rings is 1. The number of carbonyl (C=O) groups excluding carboxylic acids is 1. The molecule has 1 aliphatic rings. The third-order valence-electron chi connectivity index (χ3n) is 6.91. The first-order chi connectivity index (χ1) is 17.1. The molecular weight excluding hydrogens is 434 g/mol. The van der Waals surface area contributed by atoms with Gasteiger partial charge in [-0.05, 0) is 30.0 Å². The molecule has 0 fully saturated rings. The van der Waals surface area contributed by atoms with Crippen LogP contribution in [0.2, 0.25) is 0 Å². The molecule has 6 nitrogen and oxygen atoms in total. The Morgan fingerprint density at radius 2 is 1.77 bits per heavy atom. The lowest BCUT2D eigenvalue weighted by atomic mass is 10.1. The fourth-order valence-electron chi connectivity index (χ4n) is 4.98. The minimum atomic E-state index is 0.147. The van der Waals surface area contributed by atoms with Crippen LogP contribution in [-0.2, 0) is 43.7 Å². The van der Waals surface area contributed by atoms with Crippen LogP contribution in [0.3, 0.4) is 0 Å². The summed E-state index contributed by atoms with van der Waals surface area (Å²) in [5.74, 6) is 1.19. The first-order valence-corrected chi connectivity index (χ1v) is 12.4. The van der Waals surface area contributed by atoms with Gasteiger partial charge >= 0.3 is 0 Å². The Balaban J connectivity index is 1.38. The van der Waals surface area contributed by atoms with Crippen molar-refractivity contribution in [3.63, 3.8) is 0 Å². The fourth-order valence-corrected chi connectivity index (χ4v) is 4.98. The molecule has 0 bridgehead atoms. The van der Waals surface area contributed by atoms with Crippen molar-refractivity contribution in [1.82, 2.24) is 24.3 Å². The van der Waals surface area contributed by atoms with E-state index in [0.717, 1.165) is 50.4 Å². The molecule has 0 unspecified atom stereocenters. The fraction of sp³-hybridized carbons (Fsp3) is 0.345. The topological polar surface area (TPSA) is 54.3 Å². The van der Waals surface area contributed by atoms with Crippen LogP contribution in [0, 0.1) is 0 Å². The van der Waals surface area contributed by atoms with Crippen LogP contribution in [-0.4, -0.2) is 50.9 Å². The minimum absolute atomic E-state index is 0.147. The molecule has 2 aromatic heterocycles. The maximum Gasteiger partial charge on any atom is 0.222 e. The monoisotopic (exact) mass is 467 g/mol. The normalized spacial score (nSPS) is 13.7. The molecule has 0 spiro atoms. The molecular formula is C29H33N5O. The van der Waals surface area contributed by atoms with Gasteiger partial charge in [-0.1, -0.05) is 54.6 Å². The number of benzene rings is 2. The van der Waals surface area contributed by atoms with Crippen LogP contribution in [0.4, 0.5) is 0 Å². The van der Waals surface area contributed by atoms with Crippen molar-refractivity contribution in [2.45, 2.75) is 45.3 Å². The number of fused-ring (bicyclic) bond motifs is 2. The van der Waals surface area contributed by atoms with Crippen LogP contribution < -0.4 is 0 Å². The highest BCUT2D eigenvalue weighted by Crippen LogP contribution is 2.25. The second kappa shape index (κ2) is 10.4. The number of aromatic nitrogens is 3. The SMILES string of the molecule is CN(C)C(=O)CCc1nc(CCc2ccccc2)c2n1CCN(Cc1cccc3cccnc13)C2. The lowest BCUT2D eigenvalue weighted by Gasteiger charge is -2.30. The van der Waals surface area contributed by atoms with Gasteiger partial charge in [0.2, 0.25) is 5.91 Å². The Labute approximate surface area is 207 Å². The summed E-state index contributed by atoms with van der Waals surface area (Å²) in [6.45, 7) is 3.59. The Kier molecular flexibility index (Phi) is 6.91. The molecule has 5 rings (SSSR count). The zero-order valence-corrected chi connectivity index (χ0v) is 20.7. The van der Waals surface area contributed by atoms with E-state index in [0.29, 0.717) is 12.8 Å². The molecule has 0 atom stereocenters. The summed E-state index contributed by atoms with van der Waals surface area (Å²) in [7, 11) is 3.63. The van der Waals surface area contributed by atoms with Crippen molar-refractivity contribution >= 4 is 16.8 Å². The molecule has 3 heterocycles. The van der Waals surface area contributed by atoms with Gasteiger partial charge < -0.3 is 9.47 Å². The average Bonchev–Trinajstić information content (AvgIpc) is 3.23. The number of carbonyl (C=O) groups is 1. The van der Waals surface area contributed by atoms with E-state index < -0.39 is 0 Å². The van der Waals surface area contributed by atoms with Gasteiger partial charge in [0.05, 0.1) is 16.9 Å².